The van der Waals surface area contributed by atoms with Gasteiger partial charge in [0.05, 0.1) is 11.0 Å². The first kappa shape index (κ1) is 32.7. The molecule has 0 bridgehead atoms. The Morgan fingerprint density at radius 1 is 0.328 bits per heavy atom. The summed E-state index contributed by atoms with van der Waals surface area (Å²) >= 11 is 1.85. The molecule has 58 heavy (non-hydrogen) atoms. The second-order valence-corrected chi connectivity index (χ2v) is 15.9. The van der Waals surface area contributed by atoms with Gasteiger partial charge >= 0.3 is 0 Å². The summed E-state index contributed by atoms with van der Waals surface area (Å²) in [6, 6.07) is 69.3. The van der Waals surface area contributed by atoms with Crippen molar-refractivity contribution in [3.05, 3.63) is 194 Å². The van der Waals surface area contributed by atoms with Gasteiger partial charge in [0.25, 0.3) is 0 Å². The fourth-order valence-corrected chi connectivity index (χ4v) is 9.77. The Bertz CT molecular complexity index is 3570. The average molecular weight is 757 g/mol. The van der Waals surface area contributed by atoms with E-state index in [-0.39, 0.29) is 0 Å². The van der Waals surface area contributed by atoms with Crippen LogP contribution in [-0.4, -0.2) is 19.5 Å². The zero-order valence-electron chi connectivity index (χ0n) is 31.2. The molecule has 0 unspecified atom stereocenters. The van der Waals surface area contributed by atoms with Crippen LogP contribution in [0, 0.1) is 0 Å². The molecule has 5 heteroatoms. The summed E-state index contributed by atoms with van der Waals surface area (Å²) < 4.78 is 4.90. The molecule has 0 aliphatic carbocycles. The van der Waals surface area contributed by atoms with Gasteiger partial charge in [-0.2, -0.15) is 0 Å². The topological polar surface area (TPSA) is 43.6 Å². The molecule has 12 rings (SSSR count). The lowest BCUT2D eigenvalue weighted by Crippen LogP contribution is -2.00. The fourth-order valence-electron chi connectivity index (χ4n) is 8.56. The van der Waals surface area contributed by atoms with Crippen molar-refractivity contribution >= 4 is 74.9 Å². The maximum absolute atomic E-state index is 5.12. The Morgan fingerprint density at radius 2 is 0.897 bits per heavy atom. The second kappa shape index (κ2) is 13.1. The minimum atomic E-state index is 0.656. The molecule has 0 aliphatic heterocycles. The maximum atomic E-state index is 5.12. The number of thiophene rings is 1. The van der Waals surface area contributed by atoms with Gasteiger partial charge in [0.2, 0.25) is 0 Å². The van der Waals surface area contributed by atoms with Gasteiger partial charge in [-0.25, -0.2) is 15.0 Å². The van der Waals surface area contributed by atoms with Gasteiger partial charge < -0.3 is 4.57 Å². The van der Waals surface area contributed by atoms with Crippen molar-refractivity contribution < 1.29 is 0 Å². The molecule has 0 saturated heterocycles. The Balaban J connectivity index is 0.987. The molecular weight excluding hydrogens is 725 g/mol. The van der Waals surface area contributed by atoms with Crippen LogP contribution < -0.4 is 0 Å². The van der Waals surface area contributed by atoms with Gasteiger partial charge in [0, 0.05) is 58.7 Å². The van der Waals surface area contributed by atoms with Gasteiger partial charge in [0.15, 0.2) is 17.5 Å². The monoisotopic (exact) mass is 756 g/mol. The van der Waals surface area contributed by atoms with Crippen molar-refractivity contribution in [1.29, 1.82) is 0 Å². The highest BCUT2D eigenvalue weighted by atomic mass is 32.1. The number of aromatic nitrogens is 4. The summed E-state index contributed by atoms with van der Waals surface area (Å²) in [5.74, 6) is 1.97. The summed E-state index contributed by atoms with van der Waals surface area (Å²) in [4.78, 5) is 15.2. The predicted octanol–water partition coefficient (Wildman–Crippen LogP) is 14.3. The molecule has 0 atom stereocenters. The van der Waals surface area contributed by atoms with Crippen LogP contribution in [0.2, 0.25) is 0 Å². The van der Waals surface area contributed by atoms with E-state index in [0.29, 0.717) is 17.5 Å². The molecule has 0 radical (unpaired) electrons. The van der Waals surface area contributed by atoms with Crippen LogP contribution in [0.25, 0.3) is 115 Å². The highest BCUT2D eigenvalue weighted by molar-refractivity contribution is 7.26. The van der Waals surface area contributed by atoms with E-state index in [1.165, 1.54) is 75.0 Å². The third-order valence-electron chi connectivity index (χ3n) is 11.4. The molecule has 3 aromatic heterocycles. The predicted molar refractivity (Wildman–Crippen MR) is 244 cm³/mol. The van der Waals surface area contributed by atoms with Crippen molar-refractivity contribution in [2.24, 2.45) is 0 Å². The molecule has 0 fully saturated rings. The molecule has 3 heterocycles. The minimum Gasteiger partial charge on any atom is -0.309 e. The van der Waals surface area contributed by atoms with Crippen LogP contribution in [0.3, 0.4) is 0 Å². The van der Waals surface area contributed by atoms with E-state index in [9.17, 15) is 0 Å². The Morgan fingerprint density at radius 3 is 1.71 bits per heavy atom. The zero-order chi connectivity index (χ0) is 38.2. The van der Waals surface area contributed by atoms with Gasteiger partial charge in [-0.05, 0) is 81.9 Å². The van der Waals surface area contributed by atoms with Gasteiger partial charge in [0.1, 0.15) is 0 Å². The third-order valence-corrected chi connectivity index (χ3v) is 12.6. The lowest BCUT2D eigenvalue weighted by Gasteiger charge is -2.10. The molecule has 0 amide bonds. The number of rotatable bonds is 5. The highest BCUT2D eigenvalue weighted by Gasteiger charge is 2.17. The Labute approximate surface area is 338 Å². The zero-order valence-corrected chi connectivity index (χ0v) is 32.0. The summed E-state index contributed by atoms with van der Waals surface area (Å²) in [6.45, 7) is 0. The number of nitrogens with zero attached hydrogens (tertiary/aromatic N) is 4. The molecule has 0 spiro atoms. The summed E-state index contributed by atoms with van der Waals surface area (Å²) in [5, 5.41) is 9.76. The van der Waals surface area contributed by atoms with Crippen LogP contribution in [0.5, 0.6) is 0 Å². The van der Waals surface area contributed by atoms with E-state index in [0.717, 1.165) is 22.1 Å². The summed E-state index contributed by atoms with van der Waals surface area (Å²) in [7, 11) is 0. The van der Waals surface area contributed by atoms with E-state index >= 15 is 0 Å². The Hall–Kier alpha value is -7.47. The van der Waals surface area contributed by atoms with E-state index in [4.69, 9.17) is 15.0 Å². The normalized spacial score (nSPS) is 11.8. The highest BCUT2D eigenvalue weighted by Crippen LogP contribution is 2.42. The second-order valence-electron chi connectivity index (χ2n) is 14.8. The van der Waals surface area contributed by atoms with E-state index < -0.39 is 0 Å². The molecule has 0 aliphatic rings. The van der Waals surface area contributed by atoms with Crippen LogP contribution >= 0.6 is 11.3 Å². The van der Waals surface area contributed by atoms with Crippen molar-refractivity contribution in [3.63, 3.8) is 0 Å². The first-order valence-corrected chi connectivity index (χ1v) is 20.3. The summed E-state index contributed by atoms with van der Waals surface area (Å²) in [6.07, 6.45) is 0. The van der Waals surface area contributed by atoms with E-state index in [1.54, 1.807) is 0 Å². The fraction of sp³-hybridized carbons (Fsp3) is 0. The molecule has 0 saturated carbocycles. The van der Waals surface area contributed by atoms with Gasteiger partial charge in [-0.1, -0.05) is 140 Å². The average Bonchev–Trinajstić information content (AvgIpc) is 3.84. The first-order valence-electron chi connectivity index (χ1n) is 19.5. The smallest absolute Gasteiger partial charge is 0.164 e. The third kappa shape index (κ3) is 5.32. The van der Waals surface area contributed by atoms with Crippen molar-refractivity contribution in [1.82, 2.24) is 19.5 Å². The van der Waals surface area contributed by atoms with Crippen molar-refractivity contribution in [2.45, 2.75) is 0 Å². The standard InChI is InChI=1S/C53H32N4S/c1-3-12-35(13-4-1)51-54-52(39-21-19-33-11-7-8-14-36(33)29-39)56-53(55-51)40-22-20-34-23-26-43-46-31-38(25-28-49(46)58-50(43)44(34)32-40)37-24-27-48-45(30-37)42-17-9-10-18-47(42)57(48)41-15-5-2-6-16-41/h1-32H. The molecule has 0 N–H and O–H groups in total. The molecule has 4 nitrogen and oxygen atoms in total. The minimum absolute atomic E-state index is 0.656. The van der Waals surface area contributed by atoms with Crippen LogP contribution in [0.15, 0.2) is 194 Å². The van der Waals surface area contributed by atoms with Gasteiger partial charge in [-0.3, -0.25) is 0 Å². The molecule has 12 aromatic rings. The Kier molecular flexibility index (Phi) is 7.37. The van der Waals surface area contributed by atoms with Crippen LogP contribution in [-0.2, 0) is 0 Å². The molecule has 270 valence electrons. The lowest BCUT2D eigenvalue weighted by molar-refractivity contribution is 1.08. The number of hydrogen-bond donors (Lipinski definition) is 0. The van der Waals surface area contributed by atoms with Crippen molar-refractivity contribution in [2.75, 3.05) is 0 Å². The quantitative estimate of drug-likeness (QED) is 0.176. The largest absolute Gasteiger partial charge is 0.309 e. The number of hydrogen-bond acceptors (Lipinski definition) is 4. The first-order chi connectivity index (χ1) is 28.7. The van der Waals surface area contributed by atoms with Crippen LogP contribution in [0.1, 0.15) is 0 Å². The number of benzene rings is 9. The SMILES string of the molecule is c1ccc(-c2nc(-c3ccc4ccccc4c3)nc(-c3ccc4ccc5c6cc(-c7ccc8c(c7)c7ccccc7n8-c7ccccc7)ccc6sc5c4c3)n2)cc1. The summed E-state index contributed by atoms with van der Waals surface area (Å²) in [5.41, 5.74) is 8.88. The van der Waals surface area contributed by atoms with E-state index in [1.807, 2.05) is 29.5 Å². The van der Waals surface area contributed by atoms with Crippen molar-refractivity contribution in [3.8, 4) is 51.0 Å². The van der Waals surface area contributed by atoms with Gasteiger partial charge in [-0.15, -0.1) is 11.3 Å². The lowest BCUT2D eigenvalue weighted by atomic mass is 9.99. The molecule has 9 aromatic carbocycles. The number of para-hydroxylation sites is 2. The molecular formula is C53H32N4S. The van der Waals surface area contributed by atoms with E-state index in [2.05, 4.69) is 180 Å². The van der Waals surface area contributed by atoms with Crippen LogP contribution in [0.4, 0.5) is 0 Å². The maximum Gasteiger partial charge on any atom is 0.164 e. The number of fused-ring (bicyclic) bond motifs is 9.